The topological polar surface area (TPSA) is 91.8 Å². The summed E-state index contributed by atoms with van der Waals surface area (Å²) in [5, 5.41) is 0.0260. The molecule has 0 saturated heterocycles. The van der Waals surface area contributed by atoms with Crippen molar-refractivity contribution in [3.8, 4) is 0 Å². The highest BCUT2D eigenvalue weighted by Gasteiger charge is 2.13. The number of hydrogen-bond acceptors (Lipinski definition) is 6. The van der Waals surface area contributed by atoms with E-state index in [0.29, 0.717) is 18.9 Å². The quantitative estimate of drug-likeness (QED) is 0.711. The smallest absolute Gasteiger partial charge is 0.226 e. The van der Waals surface area contributed by atoms with Crippen LogP contribution in [0.1, 0.15) is 5.82 Å². The Bertz CT molecular complexity index is 903. The number of benzene rings is 1. The molecule has 0 atom stereocenters. The fraction of sp³-hybridized carbons (Fsp3) is 0.267. The molecule has 0 aliphatic rings. The van der Waals surface area contributed by atoms with E-state index in [9.17, 15) is 8.42 Å². The van der Waals surface area contributed by atoms with E-state index in [0.717, 1.165) is 23.1 Å². The van der Waals surface area contributed by atoms with Gasteiger partial charge in [-0.3, -0.25) is 0 Å². The van der Waals surface area contributed by atoms with Gasteiger partial charge in [0.2, 0.25) is 5.95 Å². The lowest BCUT2D eigenvalue weighted by Crippen LogP contribution is -2.23. The van der Waals surface area contributed by atoms with Gasteiger partial charge in [0.15, 0.2) is 14.9 Å². The van der Waals surface area contributed by atoms with Crippen molar-refractivity contribution in [2.24, 2.45) is 0 Å². The normalized spacial score (nSPS) is 11.7. The zero-order valence-corrected chi connectivity index (χ0v) is 13.7. The predicted octanol–water partition coefficient (Wildman–Crippen LogP) is 1.44. The number of fused-ring (bicyclic) bond motifs is 1. The second-order valence-electron chi connectivity index (χ2n) is 5.34. The van der Waals surface area contributed by atoms with Gasteiger partial charge >= 0.3 is 0 Å². The molecule has 0 spiro atoms. The van der Waals surface area contributed by atoms with Crippen molar-refractivity contribution in [3.63, 3.8) is 0 Å². The van der Waals surface area contributed by atoms with E-state index in [1.54, 1.807) is 0 Å². The van der Waals surface area contributed by atoms with Crippen LogP contribution in [0.25, 0.3) is 11.0 Å². The van der Waals surface area contributed by atoms with Crippen LogP contribution < -0.4 is 4.90 Å². The van der Waals surface area contributed by atoms with Gasteiger partial charge in [0.1, 0.15) is 5.82 Å². The molecule has 8 heteroatoms. The zero-order chi connectivity index (χ0) is 16.4. The Hall–Kier alpha value is -2.48. The monoisotopic (exact) mass is 331 g/mol. The molecule has 1 aromatic carbocycles. The number of sulfone groups is 1. The molecule has 120 valence electrons. The van der Waals surface area contributed by atoms with Gasteiger partial charge in [0, 0.05) is 32.5 Å². The minimum atomic E-state index is -3.34. The Balaban J connectivity index is 1.73. The number of imidazole rings is 1. The van der Waals surface area contributed by atoms with Crippen molar-refractivity contribution in [1.29, 1.82) is 0 Å². The number of aromatic nitrogens is 4. The van der Waals surface area contributed by atoms with E-state index in [4.69, 9.17) is 0 Å². The maximum atomic E-state index is 11.6. The minimum Gasteiger partial charge on any atom is -0.343 e. The van der Waals surface area contributed by atoms with E-state index >= 15 is 0 Å². The number of aromatic amines is 1. The van der Waals surface area contributed by atoms with Gasteiger partial charge < -0.3 is 9.88 Å². The Morgan fingerprint density at radius 1 is 1.17 bits per heavy atom. The number of H-pyrrole nitrogens is 1. The second-order valence-corrected chi connectivity index (χ2v) is 7.30. The summed E-state index contributed by atoms with van der Waals surface area (Å²) in [7, 11) is -1.52. The van der Waals surface area contributed by atoms with E-state index in [-0.39, 0.29) is 5.03 Å². The number of anilines is 1. The fourth-order valence-corrected chi connectivity index (χ4v) is 2.78. The van der Waals surface area contributed by atoms with Crippen LogP contribution >= 0.6 is 0 Å². The summed E-state index contributed by atoms with van der Waals surface area (Å²) in [6, 6.07) is 9.24. The first-order chi connectivity index (χ1) is 10.9. The zero-order valence-electron chi connectivity index (χ0n) is 12.9. The van der Waals surface area contributed by atoms with Crippen LogP contribution in [0.4, 0.5) is 5.95 Å². The molecule has 1 N–H and O–H groups in total. The van der Waals surface area contributed by atoms with E-state index < -0.39 is 9.84 Å². The molecule has 2 heterocycles. The summed E-state index contributed by atoms with van der Waals surface area (Å²) >= 11 is 0. The Kier molecular flexibility index (Phi) is 3.99. The average molecular weight is 331 g/mol. The molecule has 23 heavy (non-hydrogen) atoms. The molecule has 3 rings (SSSR count). The second kappa shape index (κ2) is 5.96. The molecule has 2 aromatic heterocycles. The molecule has 0 unspecified atom stereocenters. The van der Waals surface area contributed by atoms with Crippen molar-refractivity contribution in [1.82, 2.24) is 19.9 Å². The van der Waals surface area contributed by atoms with Gasteiger partial charge in [-0.05, 0) is 18.2 Å². The van der Waals surface area contributed by atoms with E-state index in [2.05, 4.69) is 19.9 Å². The van der Waals surface area contributed by atoms with Crippen LogP contribution in [0.3, 0.4) is 0 Å². The predicted molar refractivity (Wildman–Crippen MR) is 88.2 cm³/mol. The number of hydrogen-bond donors (Lipinski definition) is 1. The molecule has 0 aliphatic carbocycles. The number of para-hydroxylation sites is 2. The van der Waals surface area contributed by atoms with Crippen LogP contribution in [-0.4, -0.2) is 48.2 Å². The summed E-state index contributed by atoms with van der Waals surface area (Å²) in [4.78, 5) is 17.8. The lowest BCUT2D eigenvalue weighted by atomic mass is 10.3. The Morgan fingerprint density at radius 3 is 2.70 bits per heavy atom. The first-order valence-corrected chi connectivity index (χ1v) is 9.00. The highest BCUT2D eigenvalue weighted by Crippen LogP contribution is 2.13. The Labute approximate surface area is 134 Å². The third-order valence-electron chi connectivity index (χ3n) is 3.46. The van der Waals surface area contributed by atoms with Gasteiger partial charge in [0.25, 0.3) is 0 Å². The van der Waals surface area contributed by atoms with Gasteiger partial charge in [-0.15, -0.1) is 0 Å². The number of likely N-dealkylation sites (N-methyl/N-ethyl adjacent to an activating group) is 1. The van der Waals surface area contributed by atoms with Gasteiger partial charge in [-0.1, -0.05) is 12.1 Å². The van der Waals surface area contributed by atoms with Crippen molar-refractivity contribution in [3.05, 3.63) is 42.4 Å². The van der Waals surface area contributed by atoms with Crippen molar-refractivity contribution in [2.45, 2.75) is 11.4 Å². The van der Waals surface area contributed by atoms with Crippen molar-refractivity contribution < 1.29 is 8.42 Å². The van der Waals surface area contributed by atoms with Crippen LogP contribution in [-0.2, 0) is 16.3 Å². The third-order valence-corrected chi connectivity index (χ3v) is 4.45. The molecule has 0 amide bonds. The summed E-state index contributed by atoms with van der Waals surface area (Å²) in [6.07, 6.45) is 3.27. The molecular formula is C15H17N5O2S. The maximum absolute atomic E-state index is 11.6. The van der Waals surface area contributed by atoms with Gasteiger partial charge in [0.05, 0.1) is 11.0 Å². The number of nitrogens with one attached hydrogen (secondary N) is 1. The summed E-state index contributed by atoms with van der Waals surface area (Å²) in [5.74, 6) is 1.25. The molecule has 0 bridgehead atoms. The molecular weight excluding hydrogens is 314 g/mol. The van der Waals surface area contributed by atoms with E-state index in [1.807, 2.05) is 36.2 Å². The fourth-order valence-electron chi connectivity index (χ4n) is 2.22. The molecule has 0 fully saturated rings. The first kappa shape index (κ1) is 15.4. The molecule has 0 radical (unpaired) electrons. The van der Waals surface area contributed by atoms with Gasteiger partial charge in [-0.25, -0.2) is 23.4 Å². The SMILES string of the molecule is CN(CCc1nc2ccccc2[nH]1)c1nccc(S(C)(=O)=O)n1. The number of rotatable bonds is 5. The van der Waals surface area contributed by atoms with Crippen LogP contribution in [0.15, 0.2) is 41.6 Å². The third kappa shape index (κ3) is 3.48. The summed E-state index contributed by atoms with van der Waals surface area (Å²) in [5.41, 5.74) is 1.93. The largest absolute Gasteiger partial charge is 0.343 e. The lowest BCUT2D eigenvalue weighted by Gasteiger charge is -2.16. The molecule has 0 aliphatic heterocycles. The standard InChI is InChI=1S/C15H17N5O2S/c1-20(15-16-9-7-14(19-15)23(2,21)22)10-8-13-17-11-5-3-4-6-12(11)18-13/h3-7,9H,8,10H2,1-2H3,(H,17,18). The van der Waals surface area contributed by atoms with Crippen molar-refractivity contribution >= 4 is 26.8 Å². The molecule has 0 saturated carbocycles. The summed E-state index contributed by atoms with van der Waals surface area (Å²) in [6.45, 7) is 0.618. The average Bonchev–Trinajstić information content (AvgIpc) is 2.95. The molecule has 7 nitrogen and oxygen atoms in total. The van der Waals surface area contributed by atoms with Crippen molar-refractivity contribution in [2.75, 3.05) is 24.7 Å². The van der Waals surface area contributed by atoms with E-state index in [1.165, 1.54) is 12.3 Å². The highest BCUT2D eigenvalue weighted by atomic mass is 32.2. The molecule has 3 aromatic rings. The van der Waals surface area contributed by atoms with Crippen LogP contribution in [0.2, 0.25) is 0 Å². The maximum Gasteiger partial charge on any atom is 0.226 e. The Morgan fingerprint density at radius 2 is 1.96 bits per heavy atom. The summed E-state index contributed by atoms with van der Waals surface area (Å²) < 4.78 is 23.1. The first-order valence-electron chi connectivity index (χ1n) is 7.11. The van der Waals surface area contributed by atoms with Crippen LogP contribution in [0.5, 0.6) is 0 Å². The van der Waals surface area contributed by atoms with Crippen LogP contribution in [0, 0.1) is 0 Å². The highest BCUT2D eigenvalue weighted by molar-refractivity contribution is 7.90. The van der Waals surface area contributed by atoms with Gasteiger partial charge in [-0.2, -0.15) is 0 Å². The lowest BCUT2D eigenvalue weighted by molar-refractivity contribution is 0.597. The number of nitrogens with zero attached hydrogens (tertiary/aromatic N) is 4. The minimum absolute atomic E-state index is 0.0260.